The van der Waals surface area contributed by atoms with Crippen LogP contribution in [0.5, 0.6) is 0 Å². The number of carbonyl (C=O) groups is 1. The highest BCUT2D eigenvalue weighted by atomic mass is 16.3. The van der Waals surface area contributed by atoms with Gasteiger partial charge in [0.25, 0.3) is 0 Å². The van der Waals surface area contributed by atoms with Crippen molar-refractivity contribution in [2.24, 2.45) is 0 Å². The van der Waals surface area contributed by atoms with Crippen molar-refractivity contribution in [2.45, 2.75) is 43.6 Å². The molecule has 0 aromatic heterocycles. The predicted molar refractivity (Wildman–Crippen MR) is 82.2 cm³/mol. The lowest BCUT2D eigenvalue weighted by Crippen LogP contribution is -2.58. The van der Waals surface area contributed by atoms with Crippen molar-refractivity contribution in [1.82, 2.24) is 10.2 Å². The quantitative estimate of drug-likeness (QED) is 0.896. The zero-order valence-electron chi connectivity index (χ0n) is 12.4. The molecule has 1 saturated carbocycles. The Bertz CT molecular complexity index is 477. The van der Waals surface area contributed by atoms with Crippen LogP contribution in [0.3, 0.4) is 0 Å². The number of nitrogens with zero attached hydrogens (tertiary/aromatic N) is 1. The van der Waals surface area contributed by atoms with Gasteiger partial charge in [0.2, 0.25) is 0 Å². The van der Waals surface area contributed by atoms with E-state index in [1.165, 1.54) is 24.8 Å². The Hall–Kier alpha value is -1.55. The van der Waals surface area contributed by atoms with Crippen molar-refractivity contribution < 1.29 is 9.90 Å². The van der Waals surface area contributed by atoms with Gasteiger partial charge in [-0.1, -0.05) is 49.6 Å². The first kappa shape index (κ1) is 14.4. The first-order valence-electron chi connectivity index (χ1n) is 7.96. The lowest BCUT2D eigenvalue weighted by Gasteiger charge is -2.40. The van der Waals surface area contributed by atoms with Crippen LogP contribution < -0.4 is 5.32 Å². The molecule has 1 heterocycles. The normalized spacial score (nSPS) is 21.7. The summed E-state index contributed by atoms with van der Waals surface area (Å²) in [6.45, 7) is 1.62. The Kier molecular flexibility index (Phi) is 4.15. The Morgan fingerprint density at radius 2 is 1.86 bits per heavy atom. The number of benzene rings is 1. The highest BCUT2D eigenvalue weighted by molar-refractivity contribution is 5.75. The van der Waals surface area contributed by atoms with E-state index in [0.29, 0.717) is 19.6 Å². The summed E-state index contributed by atoms with van der Waals surface area (Å²) in [5.74, 6) is 0. The van der Waals surface area contributed by atoms with E-state index >= 15 is 0 Å². The summed E-state index contributed by atoms with van der Waals surface area (Å²) in [6.07, 6.45) is 5.69. The number of hydrogen-bond acceptors (Lipinski definition) is 2. The van der Waals surface area contributed by atoms with Crippen LogP contribution in [0.1, 0.15) is 37.7 Å². The number of rotatable bonds is 3. The molecule has 0 atom stereocenters. The highest BCUT2D eigenvalue weighted by Gasteiger charge is 2.35. The summed E-state index contributed by atoms with van der Waals surface area (Å²) < 4.78 is 0. The number of aliphatic hydroxyl groups excluding tert-OH is 1. The summed E-state index contributed by atoms with van der Waals surface area (Å²) in [5, 5.41) is 12.4. The lowest BCUT2D eigenvalue weighted by atomic mass is 9.69. The van der Waals surface area contributed by atoms with E-state index in [4.69, 9.17) is 0 Å². The van der Waals surface area contributed by atoms with Gasteiger partial charge in [0.05, 0.1) is 19.2 Å². The molecule has 2 amide bonds. The molecule has 4 nitrogen and oxygen atoms in total. The van der Waals surface area contributed by atoms with Crippen LogP contribution >= 0.6 is 0 Å². The number of β-amino-alcohol motifs (C(OH)–C–C–N with tert-alkyl or cyclic N) is 1. The molecular formula is C17H24N2O2. The van der Waals surface area contributed by atoms with Gasteiger partial charge in [0.1, 0.15) is 0 Å². The molecule has 2 fully saturated rings. The van der Waals surface area contributed by atoms with Crippen molar-refractivity contribution in [1.29, 1.82) is 0 Å². The first-order valence-corrected chi connectivity index (χ1v) is 7.96. The number of carbonyl (C=O) groups excluding carboxylic acids is 1. The molecule has 0 unspecified atom stereocenters. The molecular weight excluding hydrogens is 264 g/mol. The van der Waals surface area contributed by atoms with E-state index in [1.54, 1.807) is 4.90 Å². The topological polar surface area (TPSA) is 52.6 Å². The molecule has 21 heavy (non-hydrogen) atoms. The molecule has 0 radical (unpaired) electrons. The van der Waals surface area contributed by atoms with Gasteiger partial charge < -0.3 is 15.3 Å². The molecule has 2 aliphatic rings. The largest absolute Gasteiger partial charge is 0.389 e. The molecule has 3 rings (SSSR count). The van der Waals surface area contributed by atoms with Crippen LogP contribution in [0.15, 0.2) is 30.3 Å². The summed E-state index contributed by atoms with van der Waals surface area (Å²) >= 11 is 0. The maximum atomic E-state index is 12.1. The van der Waals surface area contributed by atoms with Crippen LogP contribution in [0, 0.1) is 0 Å². The fourth-order valence-electron chi connectivity index (χ4n) is 3.57. The number of hydrogen-bond donors (Lipinski definition) is 2. The van der Waals surface area contributed by atoms with Crippen LogP contribution in [-0.4, -0.2) is 41.8 Å². The molecule has 0 bridgehead atoms. The Morgan fingerprint density at radius 1 is 1.19 bits per heavy atom. The SMILES string of the molecule is O=C(NCC1(c2ccccc2)CCCCC1)N1CC(O)C1. The minimum absolute atomic E-state index is 0.0406. The summed E-state index contributed by atoms with van der Waals surface area (Å²) in [5.41, 5.74) is 1.42. The van der Waals surface area contributed by atoms with Gasteiger partial charge in [-0.25, -0.2) is 4.79 Å². The molecule has 1 aliphatic heterocycles. The van der Waals surface area contributed by atoms with Crippen LogP contribution in [0.25, 0.3) is 0 Å². The van der Waals surface area contributed by atoms with E-state index in [9.17, 15) is 9.90 Å². The molecule has 4 heteroatoms. The zero-order valence-corrected chi connectivity index (χ0v) is 12.4. The Balaban J connectivity index is 1.67. The lowest BCUT2D eigenvalue weighted by molar-refractivity contribution is 0.0260. The Labute approximate surface area is 126 Å². The minimum atomic E-state index is -0.339. The monoisotopic (exact) mass is 288 g/mol. The second-order valence-electron chi connectivity index (χ2n) is 6.42. The van der Waals surface area contributed by atoms with Gasteiger partial charge in [-0.3, -0.25) is 0 Å². The van der Waals surface area contributed by atoms with Crippen LogP contribution in [-0.2, 0) is 5.41 Å². The molecule has 1 aliphatic carbocycles. The van der Waals surface area contributed by atoms with Gasteiger partial charge >= 0.3 is 6.03 Å². The standard InChI is InChI=1S/C17H24N2O2/c20-15-11-19(12-15)16(21)18-13-17(9-5-2-6-10-17)14-7-3-1-4-8-14/h1,3-4,7-8,15,20H,2,5-6,9-13H2,(H,18,21). The number of nitrogens with one attached hydrogen (secondary N) is 1. The van der Waals surface area contributed by atoms with E-state index < -0.39 is 0 Å². The fraction of sp³-hybridized carbons (Fsp3) is 0.588. The van der Waals surface area contributed by atoms with Gasteiger partial charge in [-0.2, -0.15) is 0 Å². The average molecular weight is 288 g/mol. The Morgan fingerprint density at radius 3 is 2.48 bits per heavy atom. The van der Waals surface area contributed by atoms with Crippen LogP contribution in [0.2, 0.25) is 0 Å². The van der Waals surface area contributed by atoms with Gasteiger partial charge in [0, 0.05) is 12.0 Å². The van der Waals surface area contributed by atoms with Crippen molar-refractivity contribution >= 4 is 6.03 Å². The summed E-state index contributed by atoms with van der Waals surface area (Å²) in [4.78, 5) is 13.8. The first-order chi connectivity index (χ1) is 10.2. The molecule has 114 valence electrons. The molecule has 1 aromatic rings. The predicted octanol–water partition coefficient (Wildman–Crippen LogP) is 2.27. The zero-order chi connectivity index (χ0) is 14.7. The van der Waals surface area contributed by atoms with Crippen molar-refractivity contribution in [3.8, 4) is 0 Å². The van der Waals surface area contributed by atoms with Gasteiger partial charge in [0.15, 0.2) is 0 Å². The van der Waals surface area contributed by atoms with Crippen molar-refractivity contribution in [3.63, 3.8) is 0 Å². The van der Waals surface area contributed by atoms with E-state index in [0.717, 1.165) is 12.8 Å². The molecule has 2 N–H and O–H groups in total. The molecule has 0 spiro atoms. The highest BCUT2D eigenvalue weighted by Crippen LogP contribution is 2.38. The van der Waals surface area contributed by atoms with Crippen molar-refractivity contribution in [2.75, 3.05) is 19.6 Å². The van der Waals surface area contributed by atoms with Gasteiger partial charge in [-0.05, 0) is 18.4 Å². The van der Waals surface area contributed by atoms with E-state index in [-0.39, 0.29) is 17.6 Å². The maximum Gasteiger partial charge on any atom is 0.317 e. The third-order valence-corrected chi connectivity index (χ3v) is 4.92. The minimum Gasteiger partial charge on any atom is -0.389 e. The second-order valence-corrected chi connectivity index (χ2v) is 6.42. The van der Waals surface area contributed by atoms with Gasteiger partial charge in [-0.15, -0.1) is 0 Å². The summed E-state index contributed by atoms with van der Waals surface area (Å²) in [7, 11) is 0. The van der Waals surface area contributed by atoms with Crippen LogP contribution in [0.4, 0.5) is 4.79 Å². The van der Waals surface area contributed by atoms with E-state index in [2.05, 4.69) is 29.6 Å². The third-order valence-electron chi connectivity index (χ3n) is 4.92. The summed E-state index contributed by atoms with van der Waals surface area (Å²) in [6, 6.07) is 10.5. The second kappa shape index (κ2) is 6.06. The van der Waals surface area contributed by atoms with Crippen molar-refractivity contribution in [3.05, 3.63) is 35.9 Å². The third kappa shape index (κ3) is 3.05. The average Bonchev–Trinajstić information content (AvgIpc) is 2.51. The molecule has 1 saturated heterocycles. The van der Waals surface area contributed by atoms with E-state index in [1.807, 2.05) is 6.07 Å². The smallest absolute Gasteiger partial charge is 0.317 e. The number of aliphatic hydroxyl groups is 1. The number of likely N-dealkylation sites (tertiary alicyclic amines) is 1. The fourth-order valence-corrected chi connectivity index (χ4v) is 3.57. The number of amides is 2. The maximum absolute atomic E-state index is 12.1. The number of urea groups is 1. The molecule has 1 aromatic carbocycles.